The van der Waals surface area contributed by atoms with Crippen LogP contribution in [-0.2, 0) is 6.54 Å². The quantitative estimate of drug-likeness (QED) is 0.785. The Morgan fingerprint density at radius 2 is 1.91 bits per heavy atom. The molecule has 0 aliphatic heterocycles. The molecule has 0 spiro atoms. The van der Waals surface area contributed by atoms with E-state index in [2.05, 4.69) is 48.1 Å². The van der Waals surface area contributed by atoms with Crippen LogP contribution in [0.4, 0.5) is 0 Å². The van der Waals surface area contributed by atoms with Crippen molar-refractivity contribution in [3.05, 3.63) is 35.7 Å². The SMILES string of the molecule is CCCCN(C)Cc1n[nH]c(C)c1-c1ccc(OC(C)C)cc1. The van der Waals surface area contributed by atoms with Crippen molar-refractivity contribution in [1.29, 1.82) is 0 Å². The summed E-state index contributed by atoms with van der Waals surface area (Å²) in [6.07, 6.45) is 2.63. The predicted molar refractivity (Wildman–Crippen MR) is 95.8 cm³/mol. The second-order valence-corrected chi connectivity index (χ2v) is 6.45. The number of hydrogen-bond acceptors (Lipinski definition) is 3. The van der Waals surface area contributed by atoms with E-state index in [0.29, 0.717) is 0 Å². The second kappa shape index (κ2) is 8.16. The van der Waals surface area contributed by atoms with Crippen molar-refractivity contribution in [2.75, 3.05) is 13.6 Å². The topological polar surface area (TPSA) is 41.2 Å². The maximum atomic E-state index is 5.72. The molecule has 0 fully saturated rings. The second-order valence-electron chi connectivity index (χ2n) is 6.45. The summed E-state index contributed by atoms with van der Waals surface area (Å²) in [6.45, 7) is 10.3. The van der Waals surface area contributed by atoms with Crippen molar-refractivity contribution in [3.63, 3.8) is 0 Å². The van der Waals surface area contributed by atoms with Gasteiger partial charge in [0.05, 0.1) is 11.8 Å². The van der Waals surface area contributed by atoms with Gasteiger partial charge in [-0.05, 0) is 58.5 Å². The van der Waals surface area contributed by atoms with Gasteiger partial charge in [-0.3, -0.25) is 5.10 Å². The maximum absolute atomic E-state index is 5.72. The molecule has 0 saturated carbocycles. The molecular weight excluding hydrogens is 286 g/mol. The zero-order valence-electron chi connectivity index (χ0n) is 15.0. The molecule has 2 aromatic rings. The number of ether oxygens (including phenoxy) is 1. The first-order valence-electron chi connectivity index (χ1n) is 8.50. The maximum Gasteiger partial charge on any atom is 0.119 e. The van der Waals surface area contributed by atoms with Crippen LogP contribution in [0.3, 0.4) is 0 Å². The summed E-state index contributed by atoms with van der Waals surface area (Å²) in [5, 5.41) is 7.65. The van der Waals surface area contributed by atoms with E-state index in [9.17, 15) is 0 Å². The molecule has 23 heavy (non-hydrogen) atoms. The molecule has 0 unspecified atom stereocenters. The first-order valence-corrected chi connectivity index (χ1v) is 8.50. The summed E-state index contributed by atoms with van der Waals surface area (Å²) in [4.78, 5) is 2.33. The Hall–Kier alpha value is -1.81. The van der Waals surface area contributed by atoms with E-state index in [1.165, 1.54) is 24.0 Å². The third kappa shape index (κ3) is 4.83. The minimum absolute atomic E-state index is 0.194. The average molecular weight is 315 g/mol. The van der Waals surface area contributed by atoms with Crippen molar-refractivity contribution in [3.8, 4) is 16.9 Å². The van der Waals surface area contributed by atoms with Gasteiger partial charge in [-0.2, -0.15) is 5.10 Å². The summed E-state index contributed by atoms with van der Waals surface area (Å²) < 4.78 is 5.72. The van der Waals surface area contributed by atoms with Gasteiger partial charge in [0, 0.05) is 17.8 Å². The zero-order chi connectivity index (χ0) is 16.8. The number of H-pyrrole nitrogens is 1. The Morgan fingerprint density at radius 3 is 2.52 bits per heavy atom. The monoisotopic (exact) mass is 315 g/mol. The molecule has 2 rings (SSSR count). The smallest absolute Gasteiger partial charge is 0.119 e. The lowest BCUT2D eigenvalue weighted by atomic mass is 10.0. The molecule has 0 amide bonds. The van der Waals surface area contributed by atoms with E-state index in [1.807, 2.05) is 26.0 Å². The molecule has 0 aliphatic carbocycles. The van der Waals surface area contributed by atoms with Gasteiger partial charge in [-0.1, -0.05) is 25.5 Å². The van der Waals surface area contributed by atoms with Gasteiger partial charge in [0.25, 0.3) is 0 Å². The lowest BCUT2D eigenvalue weighted by molar-refractivity contribution is 0.242. The summed E-state index contributed by atoms with van der Waals surface area (Å²) in [5.41, 5.74) is 4.62. The average Bonchev–Trinajstić information content (AvgIpc) is 2.86. The van der Waals surface area contributed by atoms with E-state index in [1.54, 1.807) is 0 Å². The molecule has 4 nitrogen and oxygen atoms in total. The minimum Gasteiger partial charge on any atom is -0.491 e. The van der Waals surface area contributed by atoms with Crippen LogP contribution in [-0.4, -0.2) is 34.8 Å². The van der Waals surface area contributed by atoms with E-state index in [-0.39, 0.29) is 6.10 Å². The third-order valence-electron chi connectivity index (χ3n) is 3.85. The highest BCUT2D eigenvalue weighted by Gasteiger charge is 2.14. The zero-order valence-corrected chi connectivity index (χ0v) is 15.0. The van der Waals surface area contributed by atoms with Crippen LogP contribution < -0.4 is 4.74 Å². The molecule has 0 atom stereocenters. The summed E-state index contributed by atoms with van der Waals surface area (Å²) in [6, 6.07) is 8.30. The van der Waals surface area contributed by atoms with Crippen LogP contribution in [0.1, 0.15) is 45.0 Å². The first-order chi connectivity index (χ1) is 11.0. The Morgan fingerprint density at radius 1 is 1.22 bits per heavy atom. The predicted octanol–water partition coefficient (Wildman–Crippen LogP) is 4.40. The molecule has 1 N–H and O–H groups in total. The number of aromatic nitrogens is 2. The molecule has 1 heterocycles. The Kier molecular flexibility index (Phi) is 6.22. The molecule has 4 heteroatoms. The highest BCUT2D eigenvalue weighted by molar-refractivity contribution is 5.69. The summed E-state index contributed by atoms with van der Waals surface area (Å²) >= 11 is 0. The molecule has 126 valence electrons. The molecule has 1 aromatic heterocycles. The summed E-state index contributed by atoms with van der Waals surface area (Å²) in [5.74, 6) is 0.909. The van der Waals surface area contributed by atoms with Crippen LogP contribution in [0, 0.1) is 6.92 Å². The van der Waals surface area contributed by atoms with Crippen LogP contribution in [0.5, 0.6) is 5.75 Å². The van der Waals surface area contributed by atoms with Crippen molar-refractivity contribution in [2.45, 2.75) is 53.2 Å². The lowest BCUT2D eigenvalue weighted by Crippen LogP contribution is -2.19. The normalized spacial score (nSPS) is 11.4. The number of rotatable bonds is 8. The fourth-order valence-electron chi connectivity index (χ4n) is 2.71. The molecule has 0 saturated heterocycles. The number of aryl methyl sites for hydroxylation is 1. The minimum atomic E-state index is 0.194. The van der Waals surface area contributed by atoms with Crippen molar-refractivity contribution < 1.29 is 4.74 Å². The van der Waals surface area contributed by atoms with Gasteiger partial charge in [0.15, 0.2) is 0 Å². The summed E-state index contributed by atoms with van der Waals surface area (Å²) in [7, 11) is 2.16. The van der Waals surface area contributed by atoms with E-state index in [4.69, 9.17) is 4.74 Å². The highest BCUT2D eigenvalue weighted by Crippen LogP contribution is 2.28. The first kappa shape index (κ1) is 17.5. The van der Waals surface area contributed by atoms with Crippen LogP contribution in [0.2, 0.25) is 0 Å². The van der Waals surface area contributed by atoms with E-state index < -0.39 is 0 Å². The fraction of sp³-hybridized carbons (Fsp3) is 0.526. The van der Waals surface area contributed by atoms with E-state index >= 15 is 0 Å². The molecular formula is C19H29N3O. The third-order valence-corrected chi connectivity index (χ3v) is 3.85. The number of unbranched alkanes of at least 4 members (excludes halogenated alkanes) is 1. The van der Waals surface area contributed by atoms with Gasteiger partial charge in [0.2, 0.25) is 0 Å². The Labute approximate surface area is 139 Å². The number of benzene rings is 1. The van der Waals surface area contributed by atoms with Gasteiger partial charge in [-0.15, -0.1) is 0 Å². The van der Waals surface area contributed by atoms with Crippen molar-refractivity contribution >= 4 is 0 Å². The van der Waals surface area contributed by atoms with Crippen LogP contribution in [0.25, 0.3) is 11.1 Å². The standard InChI is InChI=1S/C19H29N3O/c1-6-7-12-22(5)13-18-19(15(4)20-21-18)16-8-10-17(11-9-16)23-14(2)3/h8-11,14H,6-7,12-13H2,1-5H3,(H,20,21). The van der Waals surface area contributed by atoms with Crippen LogP contribution >= 0.6 is 0 Å². The lowest BCUT2D eigenvalue weighted by Gasteiger charge is -2.16. The van der Waals surface area contributed by atoms with Crippen LogP contribution in [0.15, 0.2) is 24.3 Å². The largest absolute Gasteiger partial charge is 0.491 e. The fourth-order valence-corrected chi connectivity index (χ4v) is 2.71. The number of hydrogen-bond donors (Lipinski definition) is 1. The van der Waals surface area contributed by atoms with Crippen molar-refractivity contribution in [2.24, 2.45) is 0 Å². The highest BCUT2D eigenvalue weighted by atomic mass is 16.5. The Bertz CT molecular complexity index is 602. The van der Waals surface area contributed by atoms with E-state index in [0.717, 1.165) is 30.2 Å². The van der Waals surface area contributed by atoms with Gasteiger partial charge in [-0.25, -0.2) is 0 Å². The van der Waals surface area contributed by atoms with Gasteiger partial charge >= 0.3 is 0 Å². The van der Waals surface area contributed by atoms with Gasteiger partial charge in [0.1, 0.15) is 5.75 Å². The molecule has 0 aliphatic rings. The number of nitrogens with zero attached hydrogens (tertiary/aromatic N) is 2. The number of nitrogens with one attached hydrogen (secondary N) is 1. The Balaban J connectivity index is 2.17. The molecule has 1 aromatic carbocycles. The molecule has 0 radical (unpaired) electrons. The molecule has 0 bridgehead atoms. The van der Waals surface area contributed by atoms with Gasteiger partial charge < -0.3 is 9.64 Å². The number of aromatic amines is 1. The van der Waals surface area contributed by atoms with Crippen molar-refractivity contribution in [1.82, 2.24) is 15.1 Å².